The molecular formula is C25H24N2O3. The number of rotatable bonds is 4. The van der Waals surface area contributed by atoms with Gasteiger partial charge in [0.25, 0.3) is 5.69 Å². The molecular weight excluding hydrogens is 376 g/mol. The number of fused-ring (bicyclic) bond motifs is 4. The number of para-hydroxylation sites is 1. The summed E-state index contributed by atoms with van der Waals surface area (Å²) in [7, 11) is 0. The second-order valence-corrected chi connectivity index (χ2v) is 8.56. The monoisotopic (exact) mass is 400 g/mol. The third kappa shape index (κ3) is 2.93. The number of hydrogen-bond acceptors (Lipinski definition) is 4. The van der Waals surface area contributed by atoms with Gasteiger partial charge in [-0.3, -0.25) is 10.1 Å². The maximum atomic E-state index is 11.1. The molecule has 0 fully saturated rings. The average Bonchev–Trinajstić information content (AvgIpc) is 3.03. The second kappa shape index (κ2) is 6.87. The summed E-state index contributed by atoms with van der Waals surface area (Å²) in [4.78, 5) is 13.2. The van der Waals surface area contributed by atoms with E-state index in [0.717, 1.165) is 41.5 Å². The van der Waals surface area contributed by atoms with E-state index in [-0.39, 0.29) is 10.6 Å². The molecule has 2 aliphatic rings. The summed E-state index contributed by atoms with van der Waals surface area (Å²) in [6.45, 7) is 5.41. The molecule has 0 aliphatic carbocycles. The quantitative estimate of drug-likeness (QED) is 0.401. The van der Waals surface area contributed by atoms with Crippen molar-refractivity contribution in [3.05, 3.63) is 81.9 Å². The van der Waals surface area contributed by atoms with Crippen molar-refractivity contribution in [2.45, 2.75) is 32.4 Å². The molecule has 1 unspecified atom stereocenters. The molecule has 1 atom stereocenters. The highest BCUT2D eigenvalue weighted by atomic mass is 16.6. The van der Waals surface area contributed by atoms with E-state index in [1.807, 2.05) is 18.2 Å². The van der Waals surface area contributed by atoms with Crippen molar-refractivity contribution >= 4 is 28.2 Å². The van der Waals surface area contributed by atoms with Crippen LogP contribution in [0.4, 0.5) is 11.4 Å². The third-order valence-electron chi connectivity index (χ3n) is 6.13. The lowest BCUT2D eigenvalue weighted by Crippen LogP contribution is -2.51. The molecule has 5 heteroatoms. The van der Waals surface area contributed by atoms with E-state index < -0.39 is 5.72 Å². The van der Waals surface area contributed by atoms with Gasteiger partial charge in [0.1, 0.15) is 5.75 Å². The van der Waals surface area contributed by atoms with E-state index in [1.165, 1.54) is 11.3 Å². The van der Waals surface area contributed by atoms with Crippen LogP contribution in [0.5, 0.6) is 5.75 Å². The molecule has 5 nitrogen and oxygen atoms in total. The Morgan fingerprint density at radius 3 is 2.80 bits per heavy atom. The Bertz CT molecular complexity index is 1180. The lowest BCUT2D eigenvalue weighted by atomic mass is 9.97. The van der Waals surface area contributed by atoms with Crippen LogP contribution < -0.4 is 9.64 Å². The fourth-order valence-corrected chi connectivity index (χ4v) is 4.57. The van der Waals surface area contributed by atoms with E-state index >= 15 is 0 Å². The fourth-order valence-electron chi connectivity index (χ4n) is 4.57. The summed E-state index contributed by atoms with van der Waals surface area (Å²) in [5.41, 5.74) is 3.09. The maximum absolute atomic E-state index is 11.1. The zero-order valence-electron chi connectivity index (χ0n) is 17.2. The molecule has 0 N–H and O–H groups in total. The van der Waals surface area contributed by atoms with Gasteiger partial charge in [-0.2, -0.15) is 0 Å². The third-order valence-corrected chi connectivity index (χ3v) is 6.13. The molecule has 3 aromatic rings. The van der Waals surface area contributed by atoms with Crippen LogP contribution in [0.25, 0.3) is 16.8 Å². The Hall–Kier alpha value is -3.34. The minimum absolute atomic E-state index is 0.103. The molecule has 0 bridgehead atoms. The van der Waals surface area contributed by atoms with E-state index in [4.69, 9.17) is 4.74 Å². The average molecular weight is 400 g/mol. The Morgan fingerprint density at radius 2 is 2.00 bits per heavy atom. The van der Waals surface area contributed by atoms with E-state index in [9.17, 15) is 10.1 Å². The van der Waals surface area contributed by atoms with Gasteiger partial charge in [0.15, 0.2) is 0 Å². The zero-order valence-corrected chi connectivity index (χ0v) is 17.2. The number of nitrogens with zero attached hydrogens (tertiary/aromatic N) is 2. The van der Waals surface area contributed by atoms with E-state index in [2.05, 4.69) is 55.2 Å². The second-order valence-electron chi connectivity index (χ2n) is 8.56. The van der Waals surface area contributed by atoms with Gasteiger partial charge in [-0.05, 0) is 59.0 Å². The van der Waals surface area contributed by atoms with Crippen LogP contribution in [0, 0.1) is 16.0 Å². The standard InChI is InChI=1S/C25H24N2O3/c1-17(2)12-14-26-23-6-4-3-5-19(23)16-25(26)13-11-22-21-9-8-20(27(28)29)15-18(21)7-10-24(22)30-25/h3-11,13,15,17H,12,14,16H2,1-2H3. The summed E-state index contributed by atoms with van der Waals surface area (Å²) >= 11 is 0. The first-order valence-corrected chi connectivity index (χ1v) is 10.4. The topological polar surface area (TPSA) is 55.6 Å². The Kier molecular flexibility index (Phi) is 4.28. The zero-order chi connectivity index (χ0) is 20.9. The van der Waals surface area contributed by atoms with Crippen LogP contribution in [0.2, 0.25) is 0 Å². The number of non-ortho nitro benzene ring substituents is 1. The number of nitro groups is 1. The van der Waals surface area contributed by atoms with Crippen molar-refractivity contribution < 1.29 is 9.66 Å². The number of hydrogen-bond donors (Lipinski definition) is 0. The van der Waals surface area contributed by atoms with Gasteiger partial charge in [0.05, 0.1) is 4.92 Å². The number of anilines is 1. The van der Waals surface area contributed by atoms with Crippen LogP contribution in [0.3, 0.4) is 0 Å². The molecule has 0 saturated heterocycles. The van der Waals surface area contributed by atoms with Crippen LogP contribution in [-0.4, -0.2) is 17.2 Å². The van der Waals surface area contributed by atoms with Crippen molar-refractivity contribution in [3.8, 4) is 5.75 Å². The summed E-state index contributed by atoms with van der Waals surface area (Å²) < 4.78 is 6.70. The summed E-state index contributed by atoms with van der Waals surface area (Å²) in [6, 6.07) is 17.4. The van der Waals surface area contributed by atoms with E-state index in [1.54, 1.807) is 12.1 Å². The van der Waals surface area contributed by atoms with Crippen molar-refractivity contribution in [3.63, 3.8) is 0 Å². The van der Waals surface area contributed by atoms with Gasteiger partial charge in [-0.15, -0.1) is 0 Å². The van der Waals surface area contributed by atoms with Gasteiger partial charge in [0, 0.05) is 36.3 Å². The van der Waals surface area contributed by atoms with Crippen molar-refractivity contribution in [2.24, 2.45) is 5.92 Å². The normalized spacial score (nSPS) is 19.2. The molecule has 0 saturated carbocycles. The molecule has 1 spiro atoms. The Balaban J connectivity index is 1.56. The first kappa shape index (κ1) is 18.7. The Labute approximate surface area is 175 Å². The first-order chi connectivity index (χ1) is 14.5. The van der Waals surface area contributed by atoms with Gasteiger partial charge in [0.2, 0.25) is 5.72 Å². The maximum Gasteiger partial charge on any atom is 0.270 e. The van der Waals surface area contributed by atoms with Crippen LogP contribution in [0.15, 0.2) is 60.7 Å². The number of benzene rings is 3. The van der Waals surface area contributed by atoms with Gasteiger partial charge < -0.3 is 9.64 Å². The predicted octanol–water partition coefficient (Wildman–Crippen LogP) is 5.96. The van der Waals surface area contributed by atoms with Gasteiger partial charge in [-0.1, -0.05) is 38.1 Å². The Morgan fingerprint density at radius 1 is 1.17 bits per heavy atom. The lowest BCUT2D eigenvalue weighted by molar-refractivity contribution is -0.384. The minimum Gasteiger partial charge on any atom is -0.463 e. The lowest BCUT2D eigenvalue weighted by Gasteiger charge is -2.41. The van der Waals surface area contributed by atoms with E-state index in [0.29, 0.717) is 5.92 Å². The van der Waals surface area contributed by atoms with Crippen molar-refractivity contribution in [1.82, 2.24) is 0 Å². The van der Waals surface area contributed by atoms with Gasteiger partial charge >= 0.3 is 0 Å². The minimum atomic E-state index is -0.528. The highest BCUT2D eigenvalue weighted by Crippen LogP contribution is 2.46. The SMILES string of the molecule is CC(C)CCN1c2ccccc2CC12C=Cc1c(ccc3cc([N+](=O)[O-])ccc13)O2. The molecule has 0 radical (unpaired) electrons. The van der Waals surface area contributed by atoms with Crippen LogP contribution >= 0.6 is 0 Å². The van der Waals surface area contributed by atoms with Gasteiger partial charge in [-0.25, -0.2) is 0 Å². The van der Waals surface area contributed by atoms with Crippen molar-refractivity contribution in [2.75, 3.05) is 11.4 Å². The van der Waals surface area contributed by atoms with Crippen molar-refractivity contribution in [1.29, 1.82) is 0 Å². The highest BCUT2D eigenvalue weighted by molar-refractivity contribution is 5.95. The molecule has 2 aliphatic heterocycles. The molecule has 3 aromatic carbocycles. The first-order valence-electron chi connectivity index (χ1n) is 10.4. The molecule has 30 heavy (non-hydrogen) atoms. The smallest absolute Gasteiger partial charge is 0.270 e. The summed E-state index contributed by atoms with van der Waals surface area (Å²) in [5, 5.41) is 12.9. The molecule has 0 aromatic heterocycles. The highest BCUT2D eigenvalue weighted by Gasteiger charge is 2.45. The molecule has 152 valence electrons. The van der Waals surface area contributed by atoms with Crippen LogP contribution in [-0.2, 0) is 6.42 Å². The molecule has 5 rings (SSSR count). The summed E-state index contributed by atoms with van der Waals surface area (Å²) in [5.74, 6) is 1.43. The fraction of sp³-hybridized carbons (Fsp3) is 0.280. The largest absolute Gasteiger partial charge is 0.463 e. The molecule has 0 amide bonds. The predicted molar refractivity (Wildman–Crippen MR) is 120 cm³/mol. The molecule has 2 heterocycles. The number of ether oxygens (including phenoxy) is 1. The van der Waals surface area contributed by atoms with Crippen LogP contribution in [0.1, 0.15) is 31.4 Å². The summed E-state index contributed by atoms with van der Waals surface area (Å²) in [6.07, 6.45) is 6.18. The number of nitro benzene ring substituents is 1.